The van der Waals surface area contributed by atoms with Crippen LogP contribution >= 0.6 is 0 Å². The van der Waals surface area contributed by atoms with Crippen LogP contribution in [0.5, 0.6) is 11.5 Å². The second-order valence-electron chi connectivity index (χ2n) is 7.30. The summed E-state index contributed by atoms with van der Waals surface area (Å²) < 4.78 is 12.2. The predicted octanol–water partition coefficient (Wildman–Crippen LogP) is 5.10. The summed E-state index contributed by atoms with van der Waals surface area (Å²) in [6, 6.07) is 26.0. The standard InChI is InChI=1S/C27H22N4O3/c1-33-24-13-11-19(12-14-24)26-21(18-31(30-26)23-8-4-3-5-9-23)15-20(17-28)27(32)29-22-7-6-10-25(16-22)34-2/h3-16,18H,1-2H3,(H,29,32)/b20-15-. The number of carbonyl (C=O) groups is 1. The highest BCUT2D eigenvalue weighted by Gasteiger charge is 2.16. The zero-order valence-electron chi connectivity index (χ0n) is 18.7. The second-order valence-corrected chi connectivity index (χ2v) is 7.30. The van der Waals surface area contributed by atoms with E-state index in [0.717, 1.165) is 17.0 Å². The third-order valence-electron chi connectivity index (χ3n) is 5.12. The molecule has 0 radical (unpaired) electrons. The molecule has 3 aromatic carbocycles. The molecule has 0 bridgehead atoms. The Morgan fingerprint density at radius 2 is 1.71 bits per heavy atom. The molecule has 7 nitrogen and oxygen atoms in total. The molecule has 0 atom stereocenters. The van der Waals surface area contributed by atoms with Crippen molar-refractivity contribution >= 4 is 17.7 Å². The van der Waals surface area contributed by atoms with Crippen molar-refractivity contribution in [3.63, 3.8) is 0 Å². The van der Waals surface area contributed by atoms with Crippen LogP contribution in [0.2, 0.25) is 0 Å². The van der Waals surface area contributed by atoms with Gasteiger partial charge in [0, 0.05) is 29.1 Å². The molecular weight excluding hydrogens is 428 g/mol. The van der Waals surface area contributed by atoms with E-state index in [9.17, 15) is 10.1 Å². The maximum Gasteiger partial charge on any atom is 0.266 e. The second kappa shape index (κ2) is 10.2. The molecule has 1 heterocycles. The molecule has 4 rings (SSSR count). The average molecular weight is 450 g/mol. The summed E-state index contributed by atoms with van der Waals surface area (Å²) in [5, 5.41) is 17.2. The summed E-state index contributed by atoms with van der Waals surface area (Å²) in [5.41, 5.74) is 3.43. The molecular formula is C27H22N4O3. The molecule has 4 aromatic rings. The maximum absolute atomic E-state index is 12.9. The van der Waals surface area contributed by atoms with E-state index in [-0.39, 0.29) is 5.57 Å². The van der Waals surface area contributed by atoms with Crippen molar-refractivity contribution < 1.29 is 14.3 Å². The fourth-order valence-corrected chi connectivity index (χ4v) is 3.38. The van der Waals surface area contributed by atoms with Crippen molar-refractivity contribution in [1.29, 1.82) is 5.26 Å². The molecule has 0 aliphatic rings. The summed E-state index contributed by atoms with van der Waals surface area (Å²) in [6.07, 6.45) is 3.34. The molecule has 0 aliphatic heterocycles. The fourth-order valence-electron chi connectivity index (χ4n) is 3.38. The van der Waals surface area contributed by atoms with Crippen molar-refractivity contribution in [2.24, 2.45) is 0 Å². The Hall–Kier alpha value is -4.83. The highest BCUT2D eigenvalue weighted by atomic mass is 16.5. The van der Waals surface area contributed by atoms with Crippen LogP contribution in [0.1, 0.15) is 5.56 Å². The summed E-state index contributed by atoms with van der Waals surface area (Å²) in [7, 11) is 3.15. The van der Waals surface area contributed by atoms with Crippen LogP contribution in [-0.2, 0) is 4.79 Å². The van der Waals surface area contributed by atoms with Crippen LogP contribution in [-0.4, -0.2) is 29.9 Å². The molecule has 34 heavy (non-hydrogen) atoms. The van der Waals surface area contributed by atoms with E-state index in [0.29, 0.717) is 22.7 Å². The van der Waals surface area contributed by atoms with E-state index < -0.39 is 5.91 Å². The van der Waals surface area contributed by atoms with Crippen molar-refractivity contribution in [3.05, 3.63) is 96.2 Å². The molecule has 7 heteroatoms. The molecule has 0 spiro atoms. The SMILES string of the molecule is COc1ccc(-c2nn(-c3ccccc3)cc2/C=C(/C#N)C(=O)Nc2cccc(OC)c2)cc1. The van der Waals surface area contributed by atoms with Gasteiger partial charge in [0.15, 0.2) is 0 Å². The Bertz CT molecular complexity index is 1370. The van der Waals surface area contributed by atoms with Gasteiger partial charge in [0.2, 0.25) is 0 Å². The fraction of sp³-hybridized carbons (Fsp3) is 0.0741. The maximum atomic E-state index is 12.9. The zero-order chi connectivity index (χ0) is 23.9. The van der Waals surface area contributed by atoms with E-state index in [4.69, 9.17) is 14.6 Å². The van der Waals surface area contributed by atoms with Crippen LogP contribution in [0.4, 0.5) is 5.69 Å². The van der Waals surface area contributed by atoms with Crippen molar-refractivity contribution in [2.45, 2.75) is 0 Å². The van der Waals surface area contributed by atoms with E-state index in [1.165, 1.54) is 0 Å². The van der Waals surface area contributed by atoms with Gasteiger partial charge in [0.25, 0.3) is 5.91 Å². The first kappa shape index (κ1) is 22.4. The molecule has 0 unspecified atom stereocenters. The first-order chi connectivity index (χ1) is 16.6. The van der Waals surface area contributed by atoms with Crippen LogP contribution in [0.3, 0.4) is 0 Å². The average Bonchev–Trinajstić information content (AvgIpc) is 3.31. The number of aromatic nitrogens is 2. The van der Waals surface area contributed by atoms with Crippen molar-refractivity contribution in [2.75, 3.05) is 19.5 Å². The third kappa shape index (κ3) is 4.97. The van der Waals surface area contributed by atoms with Gasteiger partial charge in [0.05, 0.1) is 25.6 Å². The number of nitrogens with zero attached hydrogens (tertiary/aromatic N) is 3. The van der Waals surface area contributed by atoms with E-state index in [2.05, 4.69) is 5.32 Å². The van der Waals surface area contributed by atoms with Gasteiger partial charge in [0.1, 0.15) is 23.1 Å². The minimum Gasteiger partial charge on any atom is -0.497 e. The number of methoxy groups -OCH3 is 2. The smallest absolute Gasteiger partial charge is 0.266 e. The Morgan fingerprint density at radius 3 is 2.38 bits per heavy atom. The number of hydrogen-bond donors (Lipinski definition) is 1. The number of nitrogens with one attached hydrogen (secondary N) is 1. The molecule has 0 aliphatic carbocycles. The molecule has 1 amide bonds. The van der Waals surface area contributed by atoms with Gasteiger partial charge in [-0.1, -0.05) is 24.3 Å². The number of anilines is 1. The lowest BCUT2D eigenvalue weighted by Crippen LogP contribution is -2.13. The quantitative estimate of drug-likeness (QED) is 0.312. The van der Waals surface area contributed by atoms with Crippen LogP contribution in [0, 0.1) is 11.3 Å². The van der Waals surface area contributed by atoms with Gasteiger partial charge in [-0.3, -0.25) is 4.79 Å². The summed E-state index contributed by atoms with van der Waals surface area (Å²) in [5.74, 6) is 0.800. The van der Waals surface area contributed by atoms with E-state index >= 15 is 0 Å². The van der Waals surface area contributed by atoms with E-state index in [1.807, 2.05) is 60.7 Å². The normalized spacial score (nSPS) is 10.9. The van der Waals surface area contributed by atoms with Crippen LogP contribution in [0.25, 0.3) is 23.0 Å². The Kier molecular flexibility index (Phi) is 6.70. The van der Waals surface area contributed by atoms with Gasteiger partial charge < -0.3 is 14.8 Å². The minimum atomic E-state index is -0.524. The van der Waals surface area contributed by atoms with Gasteiger partial charge in [-0.05, 0) is 54.6 Å². The molecule has 1 aromatic heterocycles. The van der Waals surface area contributed by atoms with Crippen molar-refractivity contribution in [1.82, 2.24) is 9.78 Å². The Balaban J connectivity index is 1.73. The van der Waals surface area contributed by atoms with E-state index in [1.54, 1.807) is 55.4 Å². The number of hydrogen-bond acceptors (Lipinski definition) is 5. The predicted molar refractivity (Wildman–Crippen MR) is 131 cm³/mol. The van der Waals surface area contributed by atoms with Crippen LogP contribution in [0.15, 0.2) is 90.6 Å². The highest BCUT2D eigenvalue weighted by molar-refractivity contribution is 6.10. The molecule has 168 valence electrons. The molecule has 1 N–H and O–H groups in total. The first-order valence-corrected chi connectivity index (χ1v) is 10.5. The largest absolute Gasteiger partial charge is 0.497 e. The monoisotopic (exact) mass is 450 g/mol. The first-order valence-electron chi connectivity index (χ1n) is 10.5. The molecule has 0 saturated carbocycles. The number of rotatable bonds is 7. The summed E-state index contributed by atoms with van der Waals surface area (Å²) >= 11 is 0. The molecule has 0 saturated heterocycles. The topological polar surface area (TPSA) is 89.2 Å². The zero-order valence-corrected chi connectivity index (χ0v) is 18.7. The number of para-hydroxylation sites is 1. The highest BCUT2D eigenvalue weighted by Crippen LogP contribution is 2.28. The lowest BCUT2D eigenvalue weighted by Gasteiger charge is -2.06. The summed E-state index contributed by atoms with van der Waals surface area (Å²) in [6.45, 7) is 0. The Labute approximate surface area is 197 Å². The third-order valence-corrected chi connectivity index (χ3v) is 5.12. The van der Waals surface area contributed by atoms with Gasteiger partial charge >= 0.3 is 0 Å². The number of carbonyl (C=O) groups excluding carboxylic acids is 1. The number of benzene rings is 3. The Morgan fingerprint density at radius 1 is 0.971 bits per heavy atom. The number of nitriles is 1. The lowest BCUT2D eigenvalue weighted by atomic mass is 10.1. The molecule has 0 fully saturated rings. The number of amides is 1. The van der Waals surface area contributed by atoms with Crippen LogP contribution < -0.4 is 14.8 Å². The van der Waals surface area contributed by atoms with Crippen molar-refractivity contribution in [3.8, 4) is 34.5 Å². The lowest BCUT2D eigenvalue weighted by molar-refractivity contribution is -0.112. The van der Waals surface area contributed by atoms with Gasteiger partial charge in [-0.2, -0.15) is 10.4 Å². The van der Waals surface area contributed by atoms with Gasteiger partial charge in [-0.25, -0.2) is 4.68 Å². The minimum absolute atomic E-state index is 0.0507. The van der Waals surface area contributed by atoms with Gasteiger partial charge in [-0.15, -0.1) is 0 Å². The summed E-state index contributed by atoms with van der Waals surface area (Å²) in [4.78, 5) is 12.9. The number of ether oxygens (including phenoxy) is 2.